The van der Waals surface area contributed by atoms with E-state index in [1.807, 2.05) is 0 Å². The zero-order chi connectivity index (χ0) is 17.3. The number of unbranched alkanes of at least 4 members (excludes halogenated alkanes) is 3. The summed E-state index contributed by atoms with van der Waals surface area (Å²) in [6.45, 7) is 11.1. The van der Waals surface area contributed by atoms with E-state index in [-0.39, 0.29) is 5.41 Å². The lowest BCUT2D eigenvalue weighted by Crippen LogP contribution is -2.42. The Balaban J connectivity index is 2.38. The maximum absolute atomic E-state index is 5.29. The molecule has 0 fully saturated rings. The molecule has 0 spiro atoms. The van der Waals surface area contributed by atoms with Crippen molar-refractivity contribution in [3.8, 4) is 0 Å². The Kier molecular flexibility index (Phi) is 8.06. The lowest BCUT2D eigenvalue weighted by atomic mass is 9.97. The summed E-state index contributed by atoms with van der Waals surface area (Å²) < 4.78 is 5.29. The van der Waals surface area contributed by atoms with Crippen molar-refractivity contribution in [2.24, 2.45) is 4.99 Å². The molecular formula is C17H33N5O. The van der Waals surface area contributed by atoms with Gasteiger partial charge in [-0.3, -0.25) is 4.99 Å². The molecular weight excluding hydrogens is 290 g/mol. The van der Waals surface area contributed by atoms with Crippen LogP contribution in [0.5, 0.6) is 0 Å². The van der Waals surface area contributed by atoms with Crippen molar-refractivity contribution < 1.29 is 4.52 Å². The van der Waals surface area contributed by atoms with E-state index in [4.69, 9.17) is 4.52 Å². The summed E-state index contributed by atoms with van der Waals surface area (Å²) in [6, 6.07) is 0.397. The number of nitrogens with one attached hydrogen (secondary N) is 2. The van der Waals surface area contributed by atoms with Gasteiger partial charge in [0, 0.05) is 18.5 Å². The molecule has 6 nitrogen and oxygen atoms in total. The molecule has 0 bridgehead atoms. The van der Waals surface area contributed by atoms with Gasteiger partial charge in [-0.05, 0) is 13.3 Å². The Hall–Kier alpha value is -1.59. The molecule has 2 N–H and O–H groups in total. The van der Waals surface area contributed by atoms with E-state index in [0.717, 1.165) is 12.4 Å². The Labute approximate surface area is 140 Å². The van der Waals surface area contributed by atoms with E-state index >= 15 is 0 Å². The standard InChI is InChI=1S/C17H33N5O/c1-7-8-9-10-11-13(2)20-16(18-6)19-12-14-21-15(23-22-14)17(3,4)5/h13H,7-12H2,1-6H3,(H2,18,19,20). The van der Waals surface area contributed by atoms with Crippen LogP contribution in [-0.2, 0) is 12.0 Å². The topological polar surface area (TPSA) is 75.3 Å². The SMILES string of the molecule is CCCCCCC(C)NC(=NC)NCc1noc(C(C)(C)C)n1. The summed E-state index contributed by atoms with van der Waals surface area (Å²) >= 11 is 0. The third-order valence-electron chi connectivity index (χ3n) is 3.62. The Bertz CT molecular complexity index is 476. The van der Waals surface area contributed by atoms with E-state index < -0.39 is 0 Å². The number of rotatable bonds is 8. The summed E-state index contributed by atoms with van der Waals surface area (Å²) in [4.78, 5) is 8.67. The van der Waals surface area contributed by atoms with E-state index in [9.17, 15) is 0 Å². The summed E-state index contributed by atoms with van der Waals surface area (Å²) in [7, 11) is 1.77. The number of hydrogen-bond acceptors (Lipinski definition) is 4. The van der Waals surface area contributed by atoms with Crippen LogP contribution in [0.15, 0.2) is 9.52 Å². The minimum Gasteiger partial charge on any atom is -0.354 e. The van der Waals surface area contributed by atoms with Gasteiger partial charge in [0.25, 0.3) is 0 Å². The largest absolute Gasteiger partial charge is 0.354 e. The van der Waals surface area contributed by atoms with Crippen LogP contribution < -0.4 is 10.6 Å². The number of aliphatic imine (C=N–C) groups is 1. The average Bonchev–Trinajstić information content (AvgIpc) is 2.97. The van der Waals surface area contributed by atoms with Crippen molar-refractivity contribution in [2.75, 3.05) is 7.05 Å². The maximum atomic E-state index is 5.29. The summed E-state index contributed by atoms with van der Waals surface area (Å²) in [5.41, 5.74) is -0.127. The average molecular weight is 323 g/mol. The Morgan fingerprint density at radius 1 is 1.26 bits per heavy atom. The zero-order valence-corrected chi connectivity index (χ0v) is 15.6. The predicted molar refractivity (Wildman–Crippen MR) is 94.6 cm³/mol. The molecule has 1 heterocycles. The molecule has 23 heavy (non-hydrogen) atoms. The lowest BCUT2D eigenvalue weighted by Gasteiger charge is -2.17. The van der Waals surface area contributed by atoms with Gasteiger partial charge in [0.1, 0.15) is 0 Å². The lowest BCUT2D eigenvalue weighted by molar-refractivity contribution is 0.318. The van der Waals surface area contributed by atoms with Gasteiger partial charge in [-0.15, -0.1) is 0 Å². The van der Waals surface area contributed by atoms with Gasteiger partial charge < -0.3 is 15.2 Å². The first-order chi connectivity index (χ1) is 10.9. The van der Waals surface area contributed by atoms with Crippen LogP contribution in [-0.4, -0.2) is 29.2 Å². The molecule has 0 aromatic carbocycles. The molecule has 0 aliphatic heterocycles. The highest BCUT2D eigenvalue weighted by molar-refractivity contribution is 5.79. The molecule has 0 saturated carbocycles. The Morgan fingerprint density at radius 2 is 2.00 bits per heavy atom. The normalized spacial score (nSPS) is 13.9. The molecule has 1 rings (SSSR count). The molecule has 1 atom stereocenters. The second-order valence-electron chi connectivity index (χ2n) is 7.09. The Morgan fingerprint density at radius 3 is 2.57 bits per heavy atom. The molecule has 0 aliphatic carbocycles. The zero-order valence-electron chi connectivity index (χ0n) is 15.6. The van der Waals surface area contributed by atoms with Crippen LogP contribution in [0.4, 0.5) is 0 Å². The molecule has 0 radical (unpaired) electrons. The van der Waals surface area contributed by atoms with Gasteiger partial charge in [0.2, 0.25) is 5.89 Å². The van der Waals surface area contributed by atoms with Crippen molar-refractivity contribution in [2.45, 2.75) is 84.7 Å². The number of nitrogens with zero attached hydrogens (tertiary/aromatic N) is 3. The highest BCUT2D eigenvalue weighted by Crippen LogP contribution is 2.19. The number of aromatic nitrogens is 2. The molecule has 6 heteroatoms. The number of hydrogen-bond donors (Lipinski definition) is 2. The van der Waals surface area contributed by atoms with Gasteiger partial charge in [-0.2, -0.15) is 4.98 Å². The van der Waals surface area contributed by atoms with Crippen LogP contribution in [0, 0.1) is 0 Å². The fourth-order valence-electron chi connectivity index (χ4n) is 2.17. The fourth-order valence-corrected chi connectivity index (χ4v) is 2.17. The summed E-state index contributed by atoms with van der Waals surface area (Å²) in [5.74, 6) is 2.07. The van der Waals surface area contributed by atoms with Crippen LogP contribution in [0.25, 0.3) is 0 Å². The first-order valence-corrected chi connectivity index (χ1v) is 8.67. The summed E-state index contributed by atoms with van der Waals surface area (Å²) in [5, 5.41) is 10.6. The molecule has 0 aliphatic rings. The van der Waals surface area contributed by atoms with Gasteiger partial charge in [-0.1, -0.05) is 58.5 Å². The fraction of sp³-hybridized carbons (Fsp3) is 0.824. The van der Waals surface area contributed by atoms with Crippen molar-refractivity contribution in [3.63, 3.8) is 0 Å². The smallest absolute Gasteiger partial charge is 0.232 e. The van der Waals surface area contributed by atoms with E-state index in [1.54, 1.807) is 7.05 Å². The van der Waals surface area contributed by atoms with E-state index in [2.05, 4.69) is 60.4 Å². The number of guanidine groups is 1. The van der Waals surface area contributed by atoms with Crippen molar-refractivity contribution in [1.82, 2.24) is 20.8 Å². The molecule has 132 valence electrons. The van der Waals surface area contributed by atoms with Gasteiger partial charge in [0.15, 0.2) is 11.8 Å². The predicted octanol–water partition coefficient (Wildman–Crippen LogP) is 3.39. The van der Waals surface area contributed by atoms with Crippen molar-refractivity contribution in [1.29, 1.82) is 0 Å². The molecule has 0 saturated heterocycles. The second-order valence-corrected chi connectivity index (χ2v) is 7.09. The van der Waals surface area contributed by atoms with E-state index in [1.165, 1.54) is 25.7 Å². The monoisotopic (exact) mass is 323 g/mol. The molecule has 1 unspecified atom stereocenters. The van der Waals surface area contributed by atoms with Crippen LogP contribution >= 0.6 is 0 Å². The van der Waals surface area contributed by atoms with Crippen LogP contribution in [0.2, 0.25) is 0 Å². The minimum absolute atomic E-state index is 0.127. The third-order valence-corrected chi connectivity index (χ3v) is 3.62. The quantitative estimate of drug-likeness (QED) is 0.436. The van der Waals surface area contributed by atoms with Crippen molar-refractivity contribution in [3.05, 3.63) is 11.7 Å². The molecule has 1 aromatic rings. The maximum Gasteiger partial charge on any atom is 0.232 e. The highest BCUT2D eigenvalue weighted by atomic mass is 16.5. The third kappa shape index (κ3) is 7.48. The highest BCUT2D eigenvalue weighted by Gasteiger charge is 2.21. The summed E-state index contributed by atoms with van der Waals surface area (Å²) in [6.07, 6.45) is 6.28. The molecule has 1 aromatic heterocycles. The van der Waals surface area contributed by atoms with Crippen LogP contribution in [0.3, 0.4) is 0 Å². The minimum atomic E-state index is -0.127. The van der Waals surface area contributed by atoms with Crippen molar-refractivity contribution >= 4 is 5.96 Å². The first kappa shape index (κ1) is 19.5. The second kappa shape index (κ2) is 9.53. The van der Waals surface area contributed by atoms with Crippen LogP contribution in [0.1, 0.15) is 78.4 Å². The van der Waals surface area contributed by atoms with Gasteiger partial charge in [0.05, 0.1) is 6.54 Å². The van der Waals surface area contributed by atoms with E-state index in [0.29, 0.717) is 24.3 Å². The van der Waals surface area contributed by atoms with Gasteiger partial charge >= 0.3 is 0 Å². The first-order valence-electron chi connectivity index (χ1n) is 8.67. The van der Waals surface area contributed by atoms with Gasteiger partial charge in [-0.25, -0.2) is 0 Å². The molecule has 0 amide bonds.